The highest BCUT2D eigenvalue weighted by atomic mass is 19.1. The molecule has 2 aromatic heterocycles. The Morgan fingerprint density at radius 3 is 2.64 bits per heavy atom. The summed E-state index contributed by atoms with van der Waals surface area (Å²) < 4.78 is 46.8. The van der Waals surface area contributed by atoms with Gasteiger partial charge in [-0.05, 0) is 49.2 Å². The van der Waals surface area contributed by atoms with Crippen molar-refractivity contribution >= 4 is 27.6 Å². The first-order valence-electron chi connectivity index (χ1n) is 10.5. The van der Waals surface area contributed by atoms with Crippen molar-refractivity contribution in [3.8, 4) is 11.4 Å². The highest BCUT2D eigenvalue weighted by Gasteiger charge is 2.26. The fraction of sp³-hybridized carbons (Fsp3) is 0.250. The number of pyridine rings is 1. The number of halogens is 3. The van der Waals surface area contributed by atoms with Crippen LogP contribution in [0.3, 0.4) is 0 Å². The van der Waals surface area contributed by atoms with Gasteiger partial charge in [-0.15, -0.1) is 0 Å². The van der Waals surface area contributed by atoms with Crippen LogP contribution in [-0.2, 0) is 0 Å². The second-order valence-electron chi connectivity index (χ2n) is 8.01. The number of alkyl halides is 2. The number of ether oxygens (including phenoxy) is 1. The minimum atomic E-state index is -1.08. The minimum absolute atomic E-state index is 0.125. The molecule has 4 aromatic rings. The number of fused-ring (bicyclic) bond motifs is 2. The number of hydrogen-bond donors (Lipinski definition) is 1. The lowest BCUT2D eigenvalue weighted by Gasteiger charge is -2.29. The number of H-pyrrole nitrogens is 1. The van der Waals surface area contributed by atoms with E-state index in [-0.39, 0.29) is 54.2 Å². The Bertz CT molecular complexity index is 1420. The standard InChI is InChI=1S/C24H20F3N3O3/c25-13-33-16-1-2-17-19(11-16)24(32)30(22-10-15(27)9-21-18(22)3-6-28-21)12-20(17)23(31)29-7-4-14(26)5-8-29/h1-3,6,9-12,14,28H,4-5,7-8,13H2. The molecule has 9 heteroatoms. The Hall–Kier alpha value is -3.75. The molecular formula is C24H20F3N3O3. The van der Waals surface area contributed by atoms with E-state index in [0.717, 1.165) is 0 Å². The van der Waals surface area contributed by atoms with Gasteiger partial charge in [0.15, 0.2) is 0 Å². The molecule has 5 rings (SSSR count). The van der Waals surface area contributed by atoms with Crippen LogP contribution >= 0.6 is 0 Å². The number of likely N-dealkylation sites (tertiary alicyclic amines) is 1. The zero-order chi connectivity index (χ0) is 23.1. The second kappa shape index (κ2) is 8.31. The van der Waals surface area contributed by atoms with Gasteiger partial charge >= 0.3 is 0 Å². The van der Waals surface area contributed by atoms with Crippen LogP contribution in [0.5, 0.6) is 5.75 Å². The molecule has 1 aliphatic rings. The fourth-order valence-electron chi connectivity index (χ4n) is 4.36. The van der Waals surface area contributed by atoms with E-state index in [4.69, 9.17) is 4.74 Å². The van der Waals surface area contributed by atoms with Crippen molar-refractivity contribution in [2.75, 3.05) is 20.0 Å². The molecule has 1 fully saturated rings. The van der Waals surface area contributed by atoms with Crippen molar-refractivity contribution < 1.29 is 22.7 Å². The Morgan fingerprint density at radius 2 is 1.88 bits per heavy atom. The number of aromatic amines is 1. The van der Waals surface area contributed by atoms with Gasteiger partial charge < -0.3 is 14.6 Å². The van der Waals surface area contributed by atoms with Crippen LogP contribution in [0.25, 0.3) is 27.4 Å². The molecule has 1 N–H and O–H groups in total. The van der Waals surface area contributed by atoms with Crippen LogP contribution in [-0.4, -0.2) is 46.5 Å². The highest BCUT2D eigenvalue weighted by Crippen LogP contribution is 2.28. The maximum absolute atomic E-state index is 14.3. The van der Waals surface area contributed by atoms with Crippen molar-refractivity contribution in [2.45, 2.75) is 19.0 Å². The predicted octanol–water partition coefficient (Wildman–Crippen LogP) is 4.49. The van der Waals surface area contributed by atoms with Crippen molar-refractivity contribution in [3.05, 3.63) is 70.5 Å². The Morgan fingerprint density at radius 1 is 1.09 bits per heavy atom. The molecule has 170 valence electrons. The average Bonchev–Trinajstić information content (AvgIpc) is 3.28. The van der Waals surface area contributed by atoms with Crippen molar-refractivity contribution in [1.82, 2.24) is 14.5 Å². The summed E-state index contributed by atoms with van der Waals surface area (Å²) >= 11 is 0. The van der Waals surface area contributed by atoms with Crippen LogP contribution in [0.2, 0.25) is 0 Å². The van der Waals surface area contributed by atoms with Crippen molar-refractivity contribution in [1.29, 1.82) is 0 Å². The first-order chi connectivity index (χ1) is 16.0. The van der Waals surface area contributed by atoms with E-state index in [0.29, 0.717) is 16.3 Å². The number of carbonyl (C=O) groups excluding carboxylic acids is 1. The normalized spacial score (nSPS) is 14.8. The summed E-state index contributed by atoms with van der Waals surface area (Å²) in [6.45, 7) is -0.568. The molecule has 6 nitrogen and oxygen atoms in total. The van der Waals surface area contributed by atoms with Gasteiger partial charge in [0.2, 0.25) is 6.86 Å². The number of aromatic nitrogens is 2. The maximum atomic E-state index is 14.3. The number of rotatable bonds is 4. The molecule has 0 saturated carbocycles. The van der Waals surface area contributed by atoms with Gasteiger partial charge in [0.25, 0.3) is 11.5 Å². The molecule has 0 spiro atoms. The molecule has 0 atom stereocenters. The molecule has 1 amide bonds. The van der Waals surface area contributed by atoms with Crippen molar-refractivity contribution in [3.63, 3.8) is 0 Å². The Labute approximate surface area is 186 Å². The molecule has 3 heterocycles. The number of nitrogens with one attached hydrogen (secondary N) is 1. The molecular weight excluding hydrogens is 435 g/mol. The van der Waals surface area contributed by atoms with Gasteiger partial charge in [0, 0.05) is 36.3 Å². The van der Waals surface area contributed by atoms with Gasteiger partial charge in [0.05, 0.1) is 22.2 Å². The molecule has 0 radical (unpaired) electrons. The van der Waals surface area contributed by atoms with Crippen LogP contribution in [0, 0.1) is 5.82 Å². The van der Waals surface area contributed by atoms with Crippen LogP contribution in [0.4, 0.5) is 13.2 Å². The molecule has 0 unspecified atom stereocenters. The zero-order valence-electron chi connectivity index (χ0n) is 17.5. The van der Waals surface area contributed by atoms with E-state index in [1.807, 2.05) is 0 Å². The monoisotopic (exact) mass is 455 g/mol. The largest absolute Gasteiger partial charge is 0.463 e. The topological polar surface area (TPSA) is 67.3 Å². The Kier molecular flexibility index (Phi) is 5.32. The second-order valence-corrected chi connectivity index (χ2v) is 8.01. The SMILES string of the molecule is O=C(c1cn(-c2cc(F)cc3[nH]ccc23)c(=O)c2cc(OCF)ccc12)N1CCC(F)CC1. The van der Waals surface area contributed by atoms with Crippen LogP contribution in [0.15, 0.2) is 53.6 Å². The van der Waals surface area contributed by atoms with Gasteiger partial charge in [-0.25, -0.2) is 13.2 Å². The smallest absolute Gasteiger partial charge is 0.263 e. The van der Waals surface area contributed by atoms with Crippen LogP contribution in [0.1, 0.15) is 23.2 Å². The third-order valence-corrected chi connectivity index (χ3v) is 6.02. The third-order valence-electron chi connectivity index (χ3n) is 6.02. The van der Waals surface area contributed by atoms with E-state index in [9.17, 15) is 22.8 Å². The number of piperidine rings is 1. The fourth-order valence-corrected chi connectivity index (χ4v) is 4.36. The van der Waals surface area contributed by atoms with Crippen molar-refractivity contribution in [2.24, 2.45) is 0 Å². The molecule has 1 aliphatic heterocycles. The summed E-state index contributed by atoms with van der Waals surface area (Å²) in [6.07, 6.45) is 2.55. The Balaban J connectivity index is 1.76. The van der Waals surface area contributed by atoms with E-state index in [1.165, 1.54) is 41.1 Å². The summed E-state index contributed by atoms with van der Waals surface area (Å²) in [5.74, 6) is -0.789. The molecule has 1 saturated heterocycles. The number of nitrogens with zero attached hydrogens (tertiary/aromatic N) is 2. The average molecular weight is 455 g/mol. The lowest BCUT2D eigenvalue weighted by molar-refractivity contribution is 0.0668. The first-order valence-corrected chi connectivity index (χ1v) is 10.5. The van der Waals surface area contributed by atoms with E-state index in [2.05, 4.69) is 4.98 Å². The number of amides is 1. The van der Waals surface area contributed by atoms with Gasteiger partial charge in [-0.1, -0.05) is 0 Å². The van der Waals surface area contributed by atoms with Gasteiger partial charge in [-0.2, -0.15) is 0 Å². The molecule has 2 aromatic carbocycles. The zero-order valence-corrected chi connectivity index (χ0v) is 17.5. The quantitative estimate of drug-likeness (QED) is 0.493. The lowest BCUT2D eigenvalue weighted by Crippen LogP contribution is -2.39. The summed E-state index contributed by atoms with van der Waals surface area (Å²) in [6, 6.07) is 8.60. The highest BCUT2D eigenvalue weighted by molar-refractivity contribution is 6.07. The molecule has 0 bridgehead atoms. The predicted molar refractivity (Wildman–Crippen MR) is 118 cm³/mol. The summed E-state index contributed by atoms with van der Waals surface area (Å²) in [4.78, 5) is 31.3. The summed E-state index contributed by atoms with van der Waals surface area (Å²) in [7, 11) is 0. The minimum Gasteiger partial charge on any atom is -0.463 e. The van der Waals surface area contributed by atoms with E-state index in [1.54, 1.807) is 17.2 Å². The molecule has 33 heavy (non-hydrogen) atoms. The van der Waals surface area contributed by atoms with Gasteiger partial charge in [0.1, 0.15) is 17.7 Å². The third kappa shape index (κ3) is 3.73. The first kappa shape index (κ1) is 21.1. The number of benzene rings is 2. The van der Waals surface area contributed by atoms with E-state index >= 15 is 0 Å². The van der Waals surface area contributed by atoms with E-state index < -0.39 is 24.4 Å². The lowest BCUT2D eigenvalue weighted by atomic mass is 10.0. The summed E-state index contributed by atoms with van der Waals surface area (Å²) in [5, 5.41) is 1.07. The van der Waals surface area contributed by atoms with Crippen LogP contribution < -0.4 is 10.3 Å². The maximum Gasteiger partial charge on any atom is 0.263 e. The summed E-state index contributed by atoms with van der Waals surface area (Å²) in [5.41, 5.74) is 0.443. The molecule has 0 aliphatic carbocycles. The number of hydrogen-bond acceptors (Lipinski definition) is 3. The van der Waals surface area contributed by atoms with Gasteiger partial charge in [-0.3, -0.25) is 14.2 Å². The number of carbonyl (C=O) groups is 1.